The second-order valence-corrected chi connectivity index (χ2v) is 6.85. The van der Waals surface area contributed by atoms with E-state index >= 15 is 0 Å². The molecule has 6 nitrogen and oxygen atoms in total. The summed E-state index contributed by atoms with van der Waals surface area (Å²) < 4.78 is 0. The molecule has 0 spiro atoms. The molecule has 0 saturated carbocycles. The van der Waals surface area contributed by atoms with Crippen molar-refractivity contribution in [1.29, 1.82) is 0 Å². The summed E-state index contributed by atoms with van der Waals surface area (Å²) >= 11 is 1.48. The summed E-state index contributed by atoms with van der Waals surface area (Å²) in [7, 11) is 0. The van der Waals surface area contributed by atoms with Gasteiger partial charge in [-0.3, -0.25) is 14.6 Å². The number of thiazole rings is 1. The molecule has 1 fully saturated rings. The molecular weight excluding hydrogens is 314 g/mol. The summed E-state index contributed by atoms with van der Waals surface area (Å²) in [6.07, 6.45) is 4.14. The smallest absolute Gasteiger partial charge is 0.311 e. The van der Waals surface area contributed by atoms with Crippen LogP contribution in [0.25, 0.3) is 10.6 Å². The Hall–Kier alpha value is -2.28. The molecule has 1 aliphatic heterocycles. The van der Waals surface area contributed by atoms with Crippen LogP contribution in [0.1, 0.15) is 19.0 Å². The molecule has 0 unspecified atom stereocenters. The number of carboxylic acid groups (broad SMARTS) is 1. The lowest BCUT2D eigenvalue weighted by Crippen LogP contribution is -2.35. The summed E-state index contributed by atoms with van der Waals surface area (Å²) in [4.78, 5) is 33.8. The number of carbonyl (C=O) groups excluding carboxylic acids is 1. The molecular formula is C16H17N3O3S. The molecule has 1 atom stereocenters. The normalized spacial score (nSPS) is 20.7. The lowest BCUT2D eigenvalue weighted by atomic mass is 9.90. The summed E-state index contributed by atoms with van der Waals surface area (Å²) in [5, 5.41) is 11.9. The minimum atomic E-state index is -0.847. The maximum atomic E-state index is 12.4. The highest BCUT2D eigenvalue weighted by molar-refractivity contribution is 7.13. The van der Waals surface area contributed by atoms with Crippen molar-refractivity contribution in [3.05, 3.63) is 35.6 Å². The van der Waals surface area contributed by atoms with Gasteiger partial charge in [-0.15, -0.1) is 11.3 Å². The van der Waals surface area contributed by atoms with Crippen LogP contribution >= 0.6 is 11.3 Å². The predicted octanol–water partition coefficient (Wildman–Crippen LogP) is 2.07. The Kier molecular flexibility index (Phi) is 4.12. The molecule has 1 aliphatic rings. The van der Waals surface area contributed by atoms with E-state index in [1.807, 2.05) is 17.5 Å². The molecule has 2 aromatic heterocycles. The standard InChI is InChI=1S/C16H17N3O3S/c1-16(15(21)22)4-6-19(10-16)13(20)7-12-9-23-14(18-12)11-3-2-5-17-8-11/h2-3,5,8-9H,4,6-7,10H2,1H3,(H,21,22)/t16-/m1/s1. The Balaban J connectivity index is 1.66. The highest BCUT2D eigenvalue weighted by atomic mass is 32.1. The number of hydrogen-bond acceptors (Lipinski definition) is 5. The number of amides is 1. The van der Waals surface area contributed by atoms with Crippen molar-refractivity contribution in [3.8, 4) is 10.6 Å². The number of carboxylic acids is 1. The third-order valence-corrected chi connectivity index (χ3v) is 5.08. The van der Waals surface area contributed by atoms with Crippen LogP contribution in [0.3, 0.4) is 0 Å². The van der Waals surface area contributed by atoms with Gasteiger partial charge in [0.2, 0.25) is 5.91 Å². The van der Waals surface area contributed by atoms with Crippen LogP contribution in [0.15, 0.2) is 29.9 Å². The van der Waals surface area contributed by atoms with Gasteiger partial charge in [-0.2, -0.15) is 0 Å². The van der Waals surface area contributed by atoms with E-state index in [9.17, 15) is 14.7 Å². The SMILES string of the molecule is C[C@@]1(C(=O)O)CCN(C(=O)Cc2csc(-c3cccnc3)n2)C1. The van der Waals surface area contributed by atoms with Crippen molar-refractivity contribution in [2.45, 2.75) is 19.8 Å². The fraction of sp³-hybridized carbons (Fsp3) is 0.375. The summed E-state index contributed by atoms with van der Waals surface area (Å²) in [5.74, 6) is -0.918. The van der Waals surface area contributed by atoms with Gasteiger partial charge in [-0.25, -0.2) is 4.98 Å². The van der Waals surface area contributed by atoms with E-state index in [-0.39, 0.29) is 18.9 Å². The van der Waals surface area contributed by atoms with Crippen molar-refractivity contribution < 1.29 is 14.7 Å². The number of aromatic nitrogens is 2. The van der Waals surface area contributed by atoms with Crippen LogP contribution in [0.2, 0.25) is 0 Å². The molecule has 23 heavy (non-hydrogen) atoms. The van der Waals surface area contributed by atoms with E-state index in [1.165, 1.54) is 11.3 Å². The zero-order chi connectivity index (χ0) is 16.4. The van der Waals surface area contributed by atoms with Crippen molar-refractivity contribution >= 4 is 23.2 Å². The number of aliphatic carboxylic acids is 1. The van der Waals surface area contributed by atoms with Crippen LogP contribution in [0, 0.1) is 5.41 Å². The minimum Gasteiger partial charge on any atom is -0.481 e. The highest BCUT2D eigenvalue weighted by Gasteiger charge is 2.42. The lowest BCUT2D eigenvalue weighted by Gasteiger charge is -2.19. The van der Waals surface area contributed by atoms with Crippen molar-refractivity contribution in [1.82, 2.24) is 14.9 Å². The van der Waals surface area contributed by atoms with Gasteiger partial charge in [0.1, 0.15) is 5.01 Å². The molecule has 3 rings (SSSR count). The van der Waals surface area contributed by atoms with Crippen LogP contribution in [0.5, 0.6) is 0 Å². The zero-order valence-corrected chi connectivity index (χ0v) is 13.5. The summed E-state index contributed by atoms with van der Waals surface area (Å²) in [6.45, 7) is 2.44. The first kappa shape index (κ1) is 15.6. The number of hydrogen-bond donors (Lipinski definition) is 1. The molecule has 7 heteroatoms. The molecule has 120 valence electrons. The van der Waals surface area contributed by atoms with Gasteiger partial charge in [0.25, 0.3) is 0 Å². The monoisotopic (exact) mass is 331 g/mol. The molecule has 1 saturated heterocycles. The first-order chi connectivity index (χ1) is 11.0. The topological polar surface area (TPSA) is 83.4 Å². The van der Waals surface area contributed by atoms with Gasteiger partial charge >= 0.3 is 5.97 Å². The molecule has 1 amide bonds. The van der Waals surface area contributed by atoms with Gasteiger partial charge in [0.15, 0.2) is 0 Å². The van der Waals surface area contributed by atoms with Crippen molar-refractivity contribution in [2.75, 3.05) is 13.1 Å². The molecule has 2 aromatic rings. The van der Waals surface area contributed by atoms with Crippen molar-refractivity contribution in [2.24, 2.45) is 5.41 Å². The maximum Gasteiger partial charge on any atom is 0.311 e. The van der Waals surface area contributed by atoms with E-state index in [2.05, 4.69) is 9.97 Å². The average Bonchev–Trinajstić information content (AvgIpc) is 3.16. The first-order valence-electron chi connectivity index (χ1n) is 7.34. The van der Waals surface area contributed by atoms with E-state index in [0.29, 0.717) is 18.7 Å². The van der Waals surface area contributed by atoms with Gasteiger partial charge in [-0.1, -0.05) is 0 Å². The highest BCUT2D eigenvalue weighted by Crippen LogP contribution is 2.30. The largest absolute Gasteiger partial charge is 0.481 e. The molecule has 0 aliphatic carbocycles. The van der Waals surface area contributed by atoms with E-state index in [4.69, 9.17) is 0 Å². The predicted molar refractivity (Wildman–Crippen MR) is 86.0 cm³/mol. The second-order valence-electron chi connectivity index (χ2n) is 5.99. The Morgan fingerprint density at radius 3 is 2.96 bits per heavy atom. The van der Waals surface area contributed by atoms with Gasteiger partial charge in [0, 0.05) is 36.4 Å². The summed E-state index contributed by atoms with van der Waals surface area (Å²) in [5.41, 5.74) is 0.803. The van der Waals surface area contributed by atoms with Gasteiger partial charge < -0.3 is 10.0 Å². The Morgan fingerprint density at radius 2 is 2.30 bits per heavy atom. The van der Waals surface area contributed by atoms with E-state index < -0.39 is 11.4 Å². The second kappa shape index (κ2) is 6.08. The quantitative estimate of drug-likeness (QED) is 0.927. The molecule has 0 aromatic carbocycles. The van der Waals surface area contributed by atoms with E-state index in [1.54, 1.807) is 24.2 Å². The van der Waals surface area contributed by atoms with Crippen LogP contribution in [-0.2, 0) is 16.0 Å². The van der Waals surface area contributed by atoms with Crippen LogP contribution in [0.4, 0.5) is 0 Å². The Morgan fingerprint density at radius 1 is 1.48 bits per heavy atom. The summed E-state index contributed by atoms with van der Waals surface area (Å²) in [6, 6.07) is 3.77. The number of carbonyl (C=O) groups is 2. The lowest BCUT2D eigenvalue weighted by molar-refractivity contribution is -0.147. The number of nitrogens with zero attached hydrogens (tertiary/aromatic N) is 3. The number of pyridine rings is 1. The maximum absolute atomic E-state index is 12.4. The van der Waals surface area contributed by atoms with E-state index in [0.717, 1.165) is 10.6 Å². The molecule has 1 N–H and O–H groups in total. The van der Waals surface area contributed by atoms with Crippen LogP contribution < -0.4 is 0 Å². The van der Waals surface area contributed by atoms with Gasteiger partial charge in [0.05, 0.1) is 17.5 Å². The fourth-order valence-electron chi connectivity index (χ4n) is 2.63. The van der Waals surface area contributed by atoms with Crippen molar-refractivity contribution in [3.63, 3.8) is 0 Å². The fourth-order valence-corrected chi connectivity index (χ4v) is 3.44. The molecule has 0 radical (unpaired) electrons. The zero-order valence-electron chi connectivity index (χ0n) is 12.7. The average molecular weight is 331 g/mol. The van der Waals surface area contributed by atoms with Crippen LogP contribution in [-0.4, -0.2) is 44.9 Å². The molecule has 3 heterocycles. The number of rotatable bonds is 4. The third kappa shape index (κ3) is 3.24. The Labute approximate surface area is 137 Å². The Bertz CT molecular complexity index is 731. The third-order valence-electron chi connectivity index (χ3n) is 4.13. The first-order valence-corrected chi connectivity index (χ1v) is 8.22. The van der Waals surface area contributed by atoms with Gasteiger partial charge in [-0.05, 0) is 25.5 Å². The number of likely N-dealkylation sites (tertiary alicyclic amines) is 1. The minimum absolute atomic E-state index is 0.0713. The molecule has 0 bridgehead atoms.